The Hall–Kier alpha value is -2.57. The molecule has 2 aromatic carbocycles. The third-order valence-electron chi connectivity index (χ3n) is 3.30. The fourth-order valence-corrected chi connectivity index (χ4v) is 3.13. The van der Waals surface area contributed by atoms with E-state index in [2.05, 4.69) is 15.3 Å². The van der Waals surface area contributed by atoms with Gasteiger partial charge in [0.25, 0.3) is 5.91 Å². The van der Waals surface area contributed by atoms with E-state index in [-0.39, 0.29) is 11.9 Å². The summed E-state index contributed by atoms with van der Waals surface area (Å²) in [5.41, 5.74) is 2.27. The molecule has 1 saturated heterocycles. The number of para-hydroxylation sites is 2. The number of thioether (sulfide) groups is 1. The number of hydrogen-bond donors (Lipinski definition) is 1. The van der Waals surface area contributed by atoms with Gasteiger partial charge in [0.15, 0.2) is 10.8 Å². The first kappa shape index (κ1) is 15.0. The van der Waals surface area contributed by atoms with E-state index in [0.29, 0.717) is 20.7 Å². The number of nitrogens with zero attached hydrogens (tertiary/aromatic N) is 2. The molecule has 0 spiro atoms. The highest BCUT2D eigenvalue weighted by molar-refractivity contribution is 8.18. The van der Waals surface area contributed by atoms with Gasteiger partial charge < -0.3 is 9.73 Å². The molecule has 5 nitrogen and oxygen atoms in total. The number of carbonyl (C=O) groups is 1. The molecule has 0 atom stereocenters. The van der Waals surface area contributed by atoms with Crippen LogP contribution in [0, 0.1) is 0 Å². The van der Waals surface area contributed by atoms with Crippen LogP contribution in [0.1, 0.15) is 5.56 Å². The minimum atomic E-state index is -0.204. The van der Waals surface area contributed by atoms with Crippen LogP contribution >= 0.6 is 23.4 Å². The SMILES string of the molecule is O=C1N/C(=N\c2nc3ccccc3o2)S/C1=C\c1ccc(Cl)cc1. The highest BCUT2D eigenvalue weighted by Gasteiger charge is 2.24. The van der Waals surface area contributed by atoms with Crippen molar-refractivity contribution >= 4 is 57.6 Å². The molecular formula is C17H10ClN3O2S. The van der Waals surface area contributed by atoms with E-state index in [1.54, 1.807) is 18.2 Å². The van der Waals surface area contributed by atoms with Gasteiger partial charge in [-0.25, -0.2) is 0 Å². The summed E-state index contributed by atoms with van der Waals surface area (Å²) in [5.74, 6) is -0.204. The minimum absolute atomic E-state index is 0.204. The molecule has 0 saturated carbocycles. The summed E-state index contributed by atoms with van der Waals surface area (Å²) >= 11 is 7.10. The molecule has 1 aliphatic heterocycles. The van der Waals surface area contributed by atoms with E-state index in [4.69, 9.17) is 16.0 Å². The molecule has 1 fully saturated rings. The summed E-state index contributed by atoms with van der Waals surface area (Å²) < 4.78 is 5.53. The van der Waals surface area contributed by atoms with Crippen LogP contribution in [0.25, 0.3) is 17.2 Å². The molecule has 1 amide bonds. The Kier molecular flexibility index (Phi) is 3.84. The van der Waals surface area contributed by atoms with Crippen LogP contribution in [-0.4, -0.2) is 16.1 Å². The van der Waals surface area contributed by atoms with Crippen molar-refractivity contribution in [1.82, 2.24) is 10.3 Å². The summed E-state index contributed by atoms with van der Waals surface area (Å²) in [5, 5.41) is 3.80. The number of nitrogens with one attached hydrogen (secondary N) is 1. The highest BCUT2D eigenvalue weighted by atomic mass is 35.5. The summed E-state index contributed by atoms with van der Waals surface area (Å²) in [6.45, 7) is 0. The van der Waals surface area contributed by atoms with Gasteiger partial charge in [-0.15, -0.1) is 0 Å². The third-order valence-corrected chi connectivity index (χ3v) is 4.46. The second kappa shape index (κ2) is 6.14. The van der Waals surface area contributed by atoms with Crippen molar-refractivity contribution in [3.05, 3.63) is 64.0 Å². The van der Waals surface area contributed by atoms with Crippen molar-refractivity contribution in [2.45, 2.75) is 0 Å². The summed E-state index contributed by atoms with van der Waals surface area (Å²) in [6, 6.07) is 14.9. The summed E-state index contributed by atoms with van der Waals surface area (Å²) in [6.07, 6.45) is 1.78. The molecule has 0 bridgehead atoms. The number of hydrogen-bond acceptors (Lipinski definition) is 5. The lowest BCUT2D eigenvalue weighted by Crippen LogP contribution is -2.19. The second-order valence-corrected chi connectivity index (χ2v) is 6.46. The van der Waals surface area contributed by atoms with Crippen molar-refractivity contribution in [3.63, 3.8) is 0 Å². The van der Waals surface area contributed by atoms with Crippen LogP contribution in [0.15, 0.2) is 62.8 Å². The zero-order valence-electron chi connectivity index (χ0n) is 12.2. The second-order valence-electron chi connectivity index (χ2n) is 5.00. The van der Waals surface area contributed by atoms with Gasteiger partial charge in [0, 0.05) is 5.02 Å². The zero-order chi connectivity index (χ0) is 16.5. The molecule has 3 aromatic rings. The van der Waals surface area contributed by atoms with E-state index in [1.807, 2.05) is 36.4 Å². The molecule has 0 unspecified atom stereocenters. The number of fused-ring (bicyclic) bond motifs is 1. The lowest BCUT2D eigenvalue weighted by Gasteiger charge is -1.94. The fourth-order valence-electron chi connectivity index (χ4n) is 2.19. The summed E-state index contributed by atoms with van der Waals surface area (Å²) in [7, 11) is 0. The number of aliphatic imine (C=N–C) groups is 1. The predicted molar refractivity (Wildman–Crippen MR) is 96.3 cm³/mol. The average molecular weight is 356 g/mol. The van der Waals surface area contributed by atoms with Crippen molar-refractivity contribution in [2.75, 3.05) is 0 Å². The lowest BCUT2D eigenvalue weighted by atomic mass is 10.2. The molecule has 1 N–H and O–H groups in total. The first-order valence-electron chi connectivity index (χ1n) is 7.08. The smallest absolute Gasteiger partial charge is 0.325 e. The van der Waals surface area contributed by atoms with Crippen molar-refractivity contribution in [1.29, 1.82) is 0 Å². The highest BCUT2D eigenvalue weighted by Crippen LogP contribution is 2.29. The van der Waals surface area contributed by atoms with Crippen molar-refractivity contribution in [3.8, 4) is 0 Å². The fraction of sp³-hybridized carbons (Fsp3) is 0. The van der Waals surface area contributed by atoms with Crippen molar-refractivity contribution < 1.29 is 9.21 Å². The predicted octanol–water partition coefficient (Wildman–Crippen LogP) is 4.37. The van der Waals surface area contributed by atoms with Gasteiger partial charge >= 0.3 is 6.01 Å². The Balaban J connectivity index is 1.60. The maximum atomic E-state index is 12.1. The molecule has 4 rings (SSSR count). The normalized spacial score (nSPS) is 17.8. The van der Waals surface area contributed by atoms with Gasteiger partial charge in [0.05, 0.1) is 4.91 Å². The minimum Gasteiger partial charge on any atom is -0.422 e. The maximum absolute atomic E-state index is 12.1. The Labute approximate surface area is 146 Å². The molecule has 1 aliphatic rings. The van der Waals surface area contributed by atoms with Gasteiger partial charge in [-0.05, 0) is 47.7 Å². The number of oxazole rings is 1. The van der Waals surface area contributed by atoms with Crippen LogP contribution in [0.5, 0.6) is 0 Å². The number of benzene rings is 2. The molecule has 2 heterocycles. The molecule has 24 heavy (non-hydrogen) atoms. The third kappa shape index (κ3) is 3.06. The Bertz CT molecular complexity index is 959. The standard InChI is InChI=1S/C17H10ClN3O2S/c18-11-7-5-10(6-8-11)9-14-15(22)20-17(24-14)21-16-19-12-3-1-2-4-13(12)23-16/h1-9H,(H,19,20,21,22)/b14-9-. The lowest BCUT2D eigenvalue weighted by molar-refractivity contribution is -0.115. The van der Waals surface area contributed by atoms with E-state index >= 15 is 0 Å². The number of rotatable bonds is 2. The van der Waals surface area contributed by atoms with Gasteiger partial charge in [-0.1, -0.05) is 35.9 Å². The number of halogens is 1. The van der Waals surface area contributed by atoms with Crippen LogP contribution in [-0.2, 0) is 4.79 Å². The number of amides is 1. The first-order valence-corrected chi connectivity index (χ1v) is 8.27. The monoisotopic (exact) mass is 355 g/mol. The zero-order valence-corrected chi connectivity index (χ0v) is 13.8. The summed E-state index contributed by atoms with van der Waals surface area (Å²) in [4.78, 5) is 21.1. The van der Waals surface area contributed by atoms with Gasteiger partial charge in [-0.3, -0.25) is 4.79 Å². The van der Waals surface area contributed by atoms with Crippen LogP contribution < -0.4 is 5.32 Å². The van der Waals surface area contributed by atoms with E-state index in [0.717, 1.165) is 11.1 Å². The molecular weight excluding hydrogens is 346 g/mol. The molecule has 1 aromatic heterocycles. The Morgan fingerprint density at radius 3 is 2.75 bits per heavy atom. The largest absolute Gasteiger partial charge is 0.422 e. The van der Waals surface area contributed by atoms with Crippen LogP contribution in [0.4, 0.5) is 6.01 Å². The van der Waals surface area contributed by atoms with Crippen LogP contribution in [0.2, 0.25) is 5.02 Å². The quantitative estimate of drug-likeness (QED) is 0.693. The molecule has 118 valence electrons. The van der Waals surface area contributed by atoms with E-state index in [9.17, 15) is 4.79 Å². The number of carbonyl (C=O) groups excluding carboxylic acids is 1. The number of amidine groups is 1. The molecule has 0 aliphatic carbocycles. The average Bonchev–Trinajstić information content (AvgIpc) is 3.12. The maximum Gasteiger partial charge on any atom is 0.325 e. The topological polar surface area (TPSA) is 67.5 Å². The Morgan fingerprint density at radius 1 is 1.17 bits per heavy atom. The van der Waals surface area contributed by atoms with E-state index < -0.39 is 0 Å². The van der Waals surface area contributed by atoms with Gasteiger partial charge in [0.2, 0.25) is 0 Å². The van der Waals surface area contributed by atoms with E-state index in [1.165, 1.54) is 11.8 Å². The first-order chi connectivity index (χ1) is 11.7. The number of aromatic nitrogens is 1. The molecule has 7 heteroatoms. The van der Waals surface area contributed by atoms with Crippen LogP contribution in [0.3, 0.4) is 0 Å². The van der Waals surface area contributed by atoms with Gasteiger partial charge in [0.1, 0.15) is 5.52 Å². The van der Waals surface area contributed by atoms with Crippen molar-refractivity contribution in [2.24, 2.45) is 4.99 Å². The van der Waals surface area contributed by atoms with Gasteiger partial charge in [-0.2, -0.15) is 9.98 Å². The molecule has 0 radical (unpaired) electrons. The Morgan fingerprint density at radius 2 is 1.96 bits per heavy atom.